The van der Waals surface area contributed by atoms with Gasteiger partial charge >= 0.3 is 0 Å². The molecule has 4 heterocycles. The highest BCUT2D eigenvalue weighted by atomic mass is 16.5. The van der Waals surface area contributed by atoms with Crippen LogP contribution in [0.15, 0.2) is 37.1 Å². The summed E-state index contributed by atoms with van der Waals surface area (Å²) < 4.78 is 14.3. The lowest BCUT2D eigenvalue weighted by molar-refractivity contribution is -0.143. The number of aromatic nitrogens is 3. The SMILES string of the molecule is Cn1cncc1CN1CCOC2(COCCN(Cc3ccncc3)C2)C1. The van der Waals surface area contributed by atoms with Gasteiger partial charge in [0.25, 0.3) is 0 Å². The number of pyridine rings is 1. The Hall–Kier alpha value is -1.80. The van der Waals surface area contributed by atoms with Gasteiger partial charge in [-0.2, -0.15) is 0 Å². The Bertz CT molecular complexity index is 707. The summed E-state index contributed by atoms with van der Waals surface area (Å²) in [5.74, 6) is 0. The highest BCUT2D eigenvalue weighted by Crippen LogP contribution is 2.24. The standard InChI is InChI=1S/C19H27N5O2/c1-22-16-21-10-18(22)12-24-7-9-26-19(14-24)13-23(6-8-25-15-19)11-17-2-4-20-5-3-17/h2-5,10,16H,6-9,11-15H2,1H3. The first kappa shape index (κ1) is 17.6. The zero-order valence-corrected chi connectivity index (χ0v) is 15.4. The number of morpholine rings is 1. The molecule has 2 aromatic rings. The van der Waals surface area contributed by atoms with Gasteiger partial charge in [-0.05, 0) is 17.7 Å². The molecule has 140 valence electrons. The van der Waals surface area contributed by atoms with Gasteiger partial charge in [0.05, 0.1) is 31.8 Å². The summed E-state index contributed by atoms with van der Waals surface area (Å²) >= 11 is 0. The largest absolute Gasteiger partial charge is 0.377 e. The topological polar surface area (TPSA) is 55.7 Å². The molecule has 0 N–H and O–H groups in total. The first-order valence-electron chi connectivity index (χ1n) is 9.23. The van der Waals surface area contributed by atoms with Crippen LogP contribution < -0.4 is 0 Å². The number of rotatable bonds is 4. The molecule has 0 radical (unpaired) electrons. The molecule has 2 aromatic heterocycles. The van der Waals surface area contributed by atoms with Crippen molar-refractivity contribution in [3.63, 3.8) is 0 Å². The first-order valence-corrected chi connectivity index (χ1v) is 9.23. The van der Waals surface area contributed by atoms with Crippen LogP contribution in [-0.2, 0) is 29.6 Å². The Balaban J connectivity index is 1.44. The Morgan fingerprint density at radius 3 is 2.58 bits per heavy atom. The molecule has 0 aromatic carbocycles. The number of hydrogen-bond acceptors (Lipinski definition) is 6. The smallest absolute Gasteiger partial charge is 0.117 e. The molecule has 7 nitrogen and oxygen atoms in total. The summed E-state index contributed by atoms with van der Waals surface area (Å²) in [4.78, 5) is 13.2. The van der Waals surface area contributed by atoms with E-state index in [1.54, 1.807) is 0 Å². The third-order valence-electron chi connectivity index (χ3n) is 5.21. The van der Waals surface area contributed by atoms with Gasteiger partial charge < -0.3 is 14.0 Å². The predicted molar refractivity (Wildman–Crippen MR) is 97.5 cm³/mol. The zero-order valence-electron chi connectivity index (χ0n) is 15.4. The molecule has 2 fully saturated rings. The van der Waals surface area contributed by atoms with Crippen molar-refractivity contribution in [1.29, 1.82) is 0 Å². The molecule has 7 heteroatoms. The van der Waals surface area contributed by atoms with Crippen molar-refractivity contribution in [1.82, 2.24) is 24.3 Å². The average Bonchev–Trinajstić information content (AvgIpc) is 2.94. The van der Waals surface area contributed by atoms with E-state index in [9.17, 15) is 0 Å². The first-order chi connectivity index (χ1) is 12.7. The summed E-state index contributed by atoms with van der Waals surface area (Å²) in [6, 6.07) is 4.16. The molecule has 2 aliphatic rings. The van der Waals surface area contributed by atoms with Crippen molar-refractivity contribution in [3.05, 3.63) is 48.3 Å². The summed E-state index contributed by atoms with van der Waals surface area (Å²) in [7, 11) is 2.05. The Labute approximate surface area is 154 Å². The van der Waals surface area contributed by atoms with Crippen LogP contribution in [0, 0.1) is 0 Å². The number of imidazole rings is 1. The molecule has 26 heavy (non-hydrogen) atoms. The van der Waals surface area contributed by atoms with Gasteiger partial charge in [-0.25, -0.2) is 4.98 Å². The van der Waals surface area contributed by atoms with Crippen LogP contribution in [0.25, 0.3) is 0 Å². The molecule has 0 amide bonds. The normalized spacial score (nSPS) is 25.4. The van der Waals surface area contributed by atoms with E-state index in [4.69, 9.17) is 9.47 Å². The third-order valence-corrected chi connectivity index (χ3v) is 5.21. The van der Waals surface area contributed by atoms with E-state index in [-0.39, 0.29) is 5.60 Å². The maximum absolute atomic E-state index is 6.29. The van der Waals surface area contributed by atoms with E-state index in [2.05, 4.69) is 36.5 Å². The number of aryl methyl sites for hydroxylation is 1. The predicted octanol–water partition coefficient (Wildman–Crippen LogP) is 0.919. The van der Waals surface area contributed by atoms with Crippen molar-refractivity contribution < 1.29 is 9.47 Å². The Morgan fingerprint density at radius 2 is 1.81 bits per heavy atom. The minimum Gasteiger partial charge on any atom is -0.377 e. The maximum atomic E-state index is 6.29. The van der Waals surface area contributed by atoms with Gasteiger partial charge in [0, 0.05) is 64.9 Å². The monoisotopic (exact) mass is 357 g/mol. The summed E-state index contributed by atoms with van der Waals surface area (Å²) in [5, 5.41) is 0. The quantitative estimate of drug-likeness (QED) is 0.811. The molecule has 1 unspecified atom stereocenters. The fraction of sp³-hybridized carbons (Fsp3) is 0.579. The lowest BCUT2D eigenvalue weighted by Gasteiger charge is -2.43. The molecule has 4 rings (SSSR count). The Morgan fingerprint density at radius 1 is 1.04 bits per heavy atom. The van der Waals surface area contributed by atoms with Crippen molar-refractivity contribution in [2.45, 2.75) is 18.7 Å². The fourth-order valence-corrected chi connectivity index (χ4v) is 3.87. The molecule has 0 saturated carbocycles. The summed E-state index contributed by atoms with van der Waals surface area (Å²) in [6.45, 7) is 7.57. The van der Waals surface area contributed by atoms with Crippen LogP contribution in [0.5, 0.6) is 0 Å². The van der Waals surface area contributed by atoms with Crippen molar-refractivity contribution in [3.8, 4) is 0 Å². The van der Waals surface area contributed by atoms with E-state index in [0.717, 1.165) is 52.5 Å². The zero-order chi connectivity index (χ0) is 17.8. The highest BCUT2D eigenvalue weighted by molar-refractivity contribution is 5.10. The molecule has 2 aliphatic heterocycles. The van der Waals surface area contributed by atoms with E-state index >= 15 is 0 Å². The molecule has 0 aliphatic carbocycles. The summed E-state index contributed by atoms with van der Waals surface area (Å²) in [6.07, 6.45) is 7.51. The lowest BCUT2D eigenvalue weighted by atomic mass is 10.0. The maximum Gasteiger partial charge on any atom is 0.117 e. The number of hydrogen-bond donors (Lipinski definition) is 0. The number of ether oxygens (including phenoxy) is 2. The molecule has 1 spiro atoms. The van der Waals surface area contributed by atoms with Crippen molar-refractivity contribution in [2.75, 3.05) is 46.0 Å². The van der Waals surface area contributed by atoms with Crippen LogP contribution in [0.4, 0.5) is 0 Å². The van der Waals surface area contributed by atoms with Crippen LogP contribution in [0.1, 0.15) is 11.3 Å². The number of nitrogens with zero attached hydrogens (tertiary/aromatic N) is 5. The second kappa shape index (κ2) is 7.84. The molecule has 2 saturated heterocycles. The molecular weight excluding hydrogens is 330 g/mol. The van der Waals surface area contributed by atoms with Crippen LogP contribution in [-0.4, -0.2) is 75.9 Å². The van der Waals surface area contributed by atoms with Gasteiger partial charge in [-0.3, -0.25) is 14.8 Å². The van der Waals surface area contributed by atoms with E-state index in [1.807, 2.05) is 32.0 Å². The van der Waals surface area contributed by atoms with Gasteiger partial charge in [0.15, 0.2) is 0 Å². The second-order valence-corrected chi connectivity index (χ2v) is 7.36. The van der Waals surface area contributed by atoms with Crippen molar-refractivity contribution >= 4 is 0 Å². The molecular formula is C19H27N5O2. The minimum absolute atomic E-state index is 0.264. The van der Waals surface area contributed by atoms with E-state index < -0.39 is 0 Å². The fourth-order valence-electron chi connectivity index (χ4n) is 3.87. The Kier molecular flexibility index (Phi) is 5.31. The van der Waals surface area contributed by atoms with E-state index in [0.29, 0.717) is 6.61 Å². The van der Waals surface area contributed by atoms with Crippen LogP contribution in [0.3, 0.4) is 0 Å². The van der Waals surface area contributed by atoms with E-state index in [1.165, 1.54) is 11.3 Å². The average molecular weight is 357 g/mol. The van der Waals surface area contributed by atoms with Crippen LogP contribution >= 0.6 is 0 Å². The second-order valence-electron chi connectivity index (χ2n) is 7.36. The minimum atomic E-state index is -0.264. The lowest BCUT2D eigenvalue weighted by Crippen LogP contribution is -2.58. The van der Waals surface area contributed by atoms with Gasteiger partial charge in [-0.15, -0.1) is 0 Å². The summed E-state index contributed by atoms with van der Waals surface area (Å²) in [5.41, 5.74) is 2.24. The van der Waals surface area contributed by atoms with Crippen molar-refractivity contribution in [2.24, 2.45) is 7.05 Å². The molecule has 1 atom stereocenters. The highest BCUT2D eigenvalue weighted by Gasteiger charge is 2.40. The van der Waals surface area contributed by atoms with Gasteiger partial charge in [0.2, 0.25) is 0 Å². The van der Waals surface area contributed by atoms with Gasteiger partial charge in [-0.1, -0.05) is 0 Å². The van der Waals surface area contributed by atoms with Gasteiger partial charge in [0.1, 0.15) is 5.60 Å². The molecule has 0 bridgehead atoms. The third kappa shape index (κ3) is 4.12. The van der Waals surface area contributed by atoms with Crippen LogP contribution in [0.2, 0.25) is 0 Å².